The fourth-order valence-corrected chi connectivity index (χ4v) is 4.88. The molecule has 2 N–H and O–H groups in total. The van der Waals surface area contributed by atoms with Crippen molar-refractivity contribution in [3.63, 3.8) is 0 Å². The number of H-pyrrole nitrogens is 1. The summed E-state index contributed by atoms with van der Waals surface area (Å²) in [6.07, 6.45) is 4.36. The van der Waals surface area contributed by atoms with Crippen LogP contribution in [0.15, 0.2) is 59.7 Å². The number of nitrogens with one attached hydrogen (secondary N) is 2. The van der Waals surface area contributed by atoms with Crippen LogP contribution >= 0.6 is 22.6 Å². The van der Waals surface area contributed by atoms with Gasteiger partial charge in [0, 0.05) is 34.6 Å². The molecule has 0 aliphatic carbocycles. The average molecular weight is 600 g/mol. The Hall–Kier alpha value is -3.61. The van der Waals surface area contributed by atoms with Crippen LogP contribution in [0, 0.1) is 3.57 Å². The van der Waals surface area contributed by atoms with Gasteiger partial charge in [-0.25, -0.2) is 19.1 Å². The van der Waals surface area contributed by atoms with E-state index in [0.717, 1.165) is 14.8 Å². The van der Waals surface area contributed by atoms with Crippen molar-refractivity contribution in [3.05, 3.63) is 74.5 Å². The summed E-state index contributed by atoms with van der Waals surface area (Å²) in [4.78, 5) is 42.5. The van der Waals surface area contributed by atoms with Gasteiger partial charge in [0.1, 0.15) is 0 Å². The third kappa shape index (κ3) is 4.74. The molecule has 4 aromatic rings. The van der Waals surface area contributed by atoms with Gasteiger partial charge in [-0.2, -0.15) is 5.10 Å². The summed E-state index contributed by atoms with van der Waals surface area (Å²) in [5.74, 6) is -0.445. The number of carbonyl (C=O) groups is 2. The number of fused-ring (bicyclic) bond motifs is 1. The quantitative estimate of drug-likeness (QED) is 0.264. The molecular weight excluding hydrogens is 575 g/mol. The number of hydrogen-bond acceptors (Lipinski definition) is 5. The van der Waals surface area contributed by atoms with E-state index in [-0.39, 0.29) is 24.4 Å². The maximum absolute atomic E-state index is 13.0. The van der Waals surface area contributed by atoms with Crippen molar-refractivity contribution < 1.29 is 14.3 Å². The minimum atomic E-state index is -0.445. The molecular formula is C25H25IN6O4. The van der Waals surface area contributed by atoms with Crippen LogP contribution in [0.3, 0.4) is 0 Å². The fourth-order valence-electron chi connectivity index (χ4n) is 4.52. The van der Waals surface area contributed by atoms with E-state index in [1.165, 1.54) is 6.20 Å². The number of anilines is 1. The summed E-state index contributed by atoms with van der Waals surface area (Å²) in [5.41, 5.74) is 2.94. The molecule has 2 aromatic heterocycles. The maximum atomic E-state index is 13.0. The monoisotopic (exact) mass is 600 g/mol. The number of hydrogen-bond donors (Lipinski definition) is 2. The first-order valence-electron chi connectivity index (χ1n) is 11.7. The van der Waals surface area contributed by atoms with Crippen LogP contribution < -0.4 is 11.0 Å². The summed E-state index contributed by atoms with van der Waals surface area (Å²) in [6, 6.07) is 13.1. The molecule has 0 atom stereocenters. The van der Waals surface area contributed by atoms with Crippen LogP contribution in [0.5, 0.6) is 0 Å². The predicted molar refractivity (Wildman–Crippen MR) is 144 cm³/mol. The predicted octanol–water partition coefficient (Wildman–Crippen LogP) is 4.17. The first-order chi connectivity index (χ1) is 17.4. The number of aromatic nitrogens is 4. The zero-order valence-electron chi connectivity index (χ0n) is 19.6. The van der Waals surface area contributed by atoms with Crippen molar-refractivity contribution >= 4 is 51.3 Å². The van der Waals surface area contributed by atoms with Crippen molar-refractivity contribution in [2.24, 2.45) is 0 Å². The van der Waals surface area contributed by atoms with Gasteiger partial charge in [0.15, 0.2) is 0 Å². The van der Waals surface area contributed by atoms with Crippen molar-refractivity contribution in [1.29, 1.82) is 0 Å². The maximum Gasteiger partial charge on any atom is 0.341 e. The van der Waals surface area contributed by atoms with Gasteiger partial charge in [-0.05, 0) is 78.8 Å². The minimum absolute atomic E-state index is 0.0448. The smallest absolute Gasteiger partial charge is 0.341 e. The number of aromatic amines is 1. The van der Waals surface area contributed by atoms with Crippen molar-refractivity contribution in [2.45, 2.75) is 25.8 Å². The molecule has 1 saturated heterocycles. The van der Waals surface area contributed by atoms with Crippen LogP contribution in [0.25, 0.3) is 16.7 Å². The van der Waals surface area contributed by atoms with Gasteiger partial charge in [-0.3, -0.25) is 4.57 Å². The van der Waals surface area contributed by atoms with Gasteiger partial charge in [0.05, 0.1) is 35.1 Å². The Kier molecular flexibility index (Phi) is 6.81. The molecule has 3 heterocycles. The molecule has 1 aliphatic rings. The number of amides is 2. The lowest BCUT2D eigenvalue weighted by molar-refractivity contribution is 0.0526. The summed E-state index contributed by atoms with van der Waals surface area (Å²) < 4.78 is 9.47. The van der Waals surface area contributed by atoms with E-state index in [1.807, 2.05) is 42.5 Å². The van der Waals surface area contributed by atoms with Crippen molar-refractivity contribution in [1.82, 2.24) is 24.2 Å². The van der Waals surface area contributed by atoms with Gasteiger partial charge in [0.25, 0.3) is 0 Å². The normalized spacial score (nSPS) is 14.2. The van der Waals surface area contributed by atoms with Crippen LogP contribution in [0.1, 0.15) is 36.2 Å². The largest absolute Gasteiger partial charge is 0.462 e. The Balaban J connectivity index is 1.33. The number of benzene rings is 2. The Morgan fingerprint density at radius 2 is 1.92 bits per heavy atom. The Labute approximate surface area is 220 Å². The molecule has 5 rings (SSSR count). The molecule has 1 aliphatic heterocycles. The first kappa shape index (κ1) is 24.1. The summed E-state index contributed by atoms with van der Waals surface area (Å²) in [6.45, 7) is 3.11. The van der Waals surface area contributed by atoms with Gasteiger partial charge < -0.3 is 19.9 Å². The lowest BCUT2D eigenvalue weighted by Gasteiger charge is -2.32. The zero-order valence-corrected chi connectivity index (χ0v) is 21.8. The molecule has 1 fully saturated rings. The number of esters is 1. The minimum Gasteiger partial charge on any atom is -0.462 e. The van der Waals surface area contributed by atoms with Crippen LogP contribution in [0.2, 0.25) is 0 Å². The fraction of sp³-hybridized carbons (Fsp3) is 0.280. The van der Waals surface area contributed by atoms with Gasteiger partial charge in [-0.1, -0.05) is 6.07 Å². The van der Waals surface area contributed by atoms with Crippen LogP contribution in [-0.4, -0.2) is 55.9 Å². The summed E-state index contributed by atoms with van der Waals surface area (Å²) in [7, 11) is 0. The second-order valence-corrected chi connectivity index (χ2v) is 9.77. The van der Waals surface area contributed by atoms with E-state index in [4.69, 9.17) is 4.74 Å². The standard InChI is InChI=1S/C25H25IN6O4/c1-2-36-23(33)16-14-27-31(15-16)20-4-3-5-21-22(20)29-25(35)32(21)19-10-12-30(13-11-19)24(34)28-18-8-6-17(26)7-9-18/h3-9,14-15,19H,2,10-13H2,1H3,(H,28,34)(H,29,35). The highest BCUT2D eigenvalue weighted by molar-refractivity contribution is 14.1. The highest BCUT2D eigenvalue weighted by atomic mass is 127. The SMILES string of the molecule is CCOC(=O)c1cnn(-c2cccc3c2[nH]c(=O)n3C2CCN(C(=O)Nc3ccc(I)cc3)CC2)c1. The summed E-state index contributed by atoms with van der Waals surface area (Å²) >= 11 is 2.22. The molecule has 2 aromatic carbocycles. The first-order valence-corrected chi connectivity index (χ1v) is 12.8. The molecule has 0 radical (unpaired) electrons. The number of carbonyl (C=O) groups excluding carboxylic acids is 2. The van der Waals surface area contributed by atoms with Gasteiger partial charge in [-0.15, -0.1) is 0 Å². The van der Waals surface area contributed by atoms with Gasteiger partial charge in [0.2, 0.25) is 0 Å². The molecule has 2 amide bonds. The molecule has 11 heteroatoms. The third-order valence-electron chi connectivity index (χ3n) is 6.28. The number of urea groups is 1. The number of piperidine rings is 1. The number of halogens is 1. The second kappa shape index (κ2) is 10.2. The van der Waals surface area contributed by atoms with E-state index >= 15 is 0 Å². The molecule has 0 unspecified atom stereocenters. The third-order valence-corrected chi connectivity index (χ3v) is 7.00. The number of para-hydroxylation sites is 1. The molecule has 0 saturated carbocycles. The van der Waals surface area contributed by atoms with Crippen molar-refractivity contribution in [2.75, 3.05) is 25.0 Å². The Morgan fingerprint density at radius 3 is 2.64 bits per heavy atom. The lowest BCUT2D eigenvalue weighted by Crippen LogP contribution is -2.42. The van der Waals surface area contributed by atoms with E-state index in [2.05, 4.69) is 38.0 Å². The molecule has 0 spiro atoms. The van der Waals surface area contributed by atoms with Crippen molar-refractivity contribution in [3.8, 4) is 5.69 Å². The van der Waals surface area contributed by atoms with E-state index in [9.17, 15) is 14.4 Å². The van der Waals surface area contributed by atoms with Gasteiger partial charge >= 0.3 is 17.7 Å². The van der Waals surface area contributed by atoms with Crippen LogP contribution in [-0.2, 0) is 4.74 Å². The van der Waals surface area contributed by atoms with Crippen LogP contribution in [0.4, 0.5) is 10.5 Å². The Bertz CT molecular complexity index is 1460. The van der Waals surface area contributed by atoms with E-state index in [1.54, 1.807) is 27.3 Å². The van der Waals surface area contributed by atoms with E-state index in [0.29, 0.717) is 42.7 Å². The zero-order chi connectivity index (χ0) is 25.2. The number of likely N-dealkylation sites (tertiary alicyclic amines) is 1. The number of rotatable bonds is 5. The number of imidazole rings is 1. The second-order valence-electron chi connectivity index (χ2n) is 8.52. The lowest BCUT2D eigenvalue weighted by atomic mass is 10.0. The molecule has 36 heavy (non-hydrogen) atoms. The topological polar surface area (TPSA) is 114 Å². The van der Waals surface area contributed by atoms with E-state index < -0.39 is 5.97 Å². The average Bonchev–Trinajstić information content (AvgIpc) is 3.50. The Morgan fingerprint density at radius 1 is 1.17 bits per heavy atom. The number of nitrogens with zero attached hydrogens (tertiary/aromatic N) is 4. The molecule has 10 nitrogen and oxygen atoms in total. The molecule has 186 valence electrons. The summed E-state index contributed by atoms with van der Waals surface area (Å²) in [5, 5.41) is 7.23. The molecule has 0 bridgehead atoms. The highest BCUT2D eigenvalue weighted by Gasteiger charge is 2.27. The highest BCUT2D eigenvalue weighted by Crippen LogP contribution is 2.27. The number of ether oxygens (including phenoxy) is 1.